The number of hydrogen-bond acceptors (Lipinski definition) is 2. The number of methoxy groups -OCH3 is 1. The Kier molecular flexibility index (Phi) is 5.85. The van der Waals surface area contributed by atoms with Crippen LogP contribution in [-0.2, 0) is 26.3 Å². The maximum absolute atomic E-state index is 5.30. The van der Waals surface area contributed by atoms with Crippen LogP contribution in [0.1, 0.15) is 23.9 Å². The van der Waals surface area contributed by atoms with Crippen LogP contribution in [0.4, 0.5) is 0 Å². The molecule has 3 nitrogen and oxygen atoms in total. The van der Waals surface area contributed by atoms with Gasteiger partial charge in [-0.05, 0) is 48.9 Å². The van der Waals surface area contributed by atoms with Crippen molar-refractivity contribution in [3.8, 4) is 5.75 Å². The van der Waals surface area contributed by atoms with E-state index in [2.05, 4.69) is 52.2 Å². The predicted molar refractivity (Wildman–Crippen MR) is 90.3 cm³/mol. The zero-order valence-electron chi connectivity index (χ0n) is 13.0. The number of alkyl halides is 1. The largest absolute Gasteiger partial charge is 0.497 e. The molecular formula is C17H23BrN2O. The molecule has 0 radical (unpaired) electrons. The minimum absolute atomic E-state index is 0.553. The third kappa shape index (κ3) is 4.34. The highest BCUT2D eigenvalue weighted by Crippen LogP contribution is 2.20. The quantitative estimate of drug-likeness (QED) is 0.710. The van der Waals surface area contributed by atoms with Crippen LogP contribution in [0.5, 0.6) is 5.75 Å². The van der Waals surface area contributed by atoms with E-state index < -0.39 is 0 Å². The highest BCUT2D eigenvalue weighted by Gasteiger charge is 2.13. The van der Waals surface area contributed by atoms with E-state index >= 15 is 0 Å². The van der Waals surface area contributed by atoms with Gasteiger partial charge in [-0.15, -0.1) is 0 Å². The van der Waals surface area contributed by atoms with Crippen molar-refractivity contribution in [1.29, 1.82) is 0 Å². The molecule has 21 heavy (non-hydrogen) atoms. The van der Waals surface area contributed by atoms with E-state index in [9.17, 15) is 0 Å². The molecule has 1 aromatic carbocycles. The first-order valence-corrected chi connectivity index (χ1v) is 8.49. The predicted octanol–water partition coefficient (Wildman–Crippen LogP) is 3.79. The Morgan fingerprint density at radius 3 is 2.71 bits per heavy atom. The fourth-order valence-corrected chi connectivity index (χ4v) is 3.00. The number of benzene rings is 1. The number of ether oxygens (including phenoxy) is 1. The Morgan fingerprint density at radius 1 is 1.29 bits per heavy atom. The van der Waals surface area contributed by atoms with Gasteiger partial charge in [0.25, 0.3) is 0 Å². The highest BCUT2D eigenvalue weighted by atomic mass is 79.9. The first-order chi connectivity index (χ1) is 10.2. The summed E-state index contributed by atoms with van der Waals surface area (Å²) in [7, 11) is 3.74. The molecule has 0 amide bonds. The van der Waals surface area contributed by atoms with E-state index in [0.717, 1.165) is 30.3 Å². The summed E-state index contributed by atoms with van der Waals surface area (Å²) in [5, 5.41) is 5.52. The standard InChI is InChI=1S/C17H23BrN2O/c1-4-15-11-16(20(2)19-15)9-14(12-18)8-13-6-5-7-17(10-13)21-3/h5-7,10-11,14H,4,8-9,12H2,1-3H3. The summed E-state index contributed by atoms with van der Waals surface area (Å²) in [5.74, 6) is 1.48. The topological polar surface area (TPSA) is 27.1 Å². The van der Waals surface area contributed by atoms with Crippen molar-refractivity contribution in [2.24, 2.45) is 13.0 Å². The van der Waals surface area contributed by atoms with Crippen LogP contribution in [0, 0.1) is 5.92 Å². The van der Waals surface area contributed by atoms with Crippen molar-refractivity contribution in [2.75, 3.05) is 12.4 Å². The van der Waals surface area contributed by atoms with Crippen LogP contribution in [0.2, 0.25) is 0 Å². The monoisotopic (exact) mass is 350 g/mol. The number of hydrogen-bond donors (Lipinski definition) is 0. The average molecular weight is 351 g/mol. The number of rotatable bonds is 7. The second-order valence-corrected chi connectivity index (χ2v) is 6.03. The average Bonchev–Trinajstić information content (AvgIpc) is 2.87. The normalized spacial score (nSPS) is 12.4. The van der Waals surface area contributed by atoms with Crippen LogP contribution in [0.25, 0.3) is 0 Å². The lowest BCUT2D eigenvalue weighted by atomic mass is 9.96. The van der Waals surface area contributed by atoms with Gasteiger partial charge in [0.15, 0.2) is 0 Å². The van der Waals surface area contributed by atoms with Crippen molar-refractivity contribution < 1.29 is 4.74 Å². The SMILES string of the molecule is CCc1cc(CC(CBr)Cc2cccc(OC)c2)n(C)n1. The Balaban J connectivity index is 2.07. The van der Waals surface area contributed by atoms with Crippen molar-refractivity contribution in [3.05, 3.63) is 47.3 Å². The summed E-state index contributed by atoms with van der Waals surface area (Å²) < 4.78 is 7.31. The molecule has 4 heteroatoms. The second kappa shape index (κ2) is 7.64. The molecule has 2 aromatic rings. The van der Waals surface area contributed by atoms with Crippen LogP contribution in [-0.4, -0.2) is 22.2 Å². The molecule has 1 atom stereocenters. The first-order valence-electron chi connectivity index (χ1n) is 7.37. The Morgan fingerprint density at radius 2 is 2.10 bits per heavy atom. The first kappa shape index (κ1) is 16.1. The fraction of sp³-hybridized carbons (Fsp3) is 0.471. The van der Waals surface area contributed by atoms with E-state index in [4.69, 9.17) is 4.74 Å². The number of aromatic nitrogens is 2. The van der Waals surface area contributed by atoms with Crippen LogP contribution in [0.15, 0.2) is 30.3 Å². The molecule has 0 spiro atoms. The molecule has 2 rings (SSSR count). The molecule has 0 bridgehead atoms. The Hall–Kier alpha value is -1.29. The summed E-state index contributed by atoms with van der Waals surface area (Å²) in [6.45, 7) is 2.14. The van der Waals surface area contributed by atoms with E-state index in [1.54, 1.807) is 7.11 Å². The van der Waals surface area contributed by atoms with E-state index in [0.29, 0.717) is 5.92 Å². The molecule has 1 unspecified atom stereocenters. The van der Waals surface area contributed by atoms with Gasteiger partial charge in [-0.3, -0.25) is 4.68 Å². The summed E-state index contributed by atoms with van der Waals surface area (Å²) in [4.78, 5) is 0. The van der Waals surface area contributed by atoms with Gasteiger partial charge < -0.3 is 4.74 Å². The fourth-order valence-electron chi connectivity index (χ4n) is 2.55. The van der Waals surface area contributed by atoms with E-state index in [1.807, 2.05) is 17.8 Å². The van der Waals surface area contributed by atoms with Crippen LogP contribution in [0.3, 0.4) is 0 Å². The van der Waals surface area contributed by atoms with Gasteiger partial charge in [0.05, 0.1) is 12.8 Å². The summed E-state index contributed by atoms with van der Waals surface area (Å²) >= 11 is 3.65. The molecule has 0 saturated heterocycles. The third-order valence-electron chi connectivity index (χ3n) is 3.76. The van der Waals surface area contributed by atoms with Crippen molar-refractivity contribution in [2.45, 2.75) is 26.2 Å². The van der Waals surface area contributed by atoms with Gasteiger partial charge in [0.1, 0.15) is 5.75 Å². The minimum atomic E-state index is 0.553. The molecule has 0 saturated carbocycles. The molecule has 0 aliphatic rings. The third-order valence-corrected chi connectivity index (χ3v) is 4.68. The summed E-state index contributed by atoms with van der Waals surface area (Å²) in [5.41, 5.74) is 3.79. The Bertz CT molecular complexity index is 580. The van der Waals surface area contributed by atoms with Crippen LogP contribution >= 0.6 is 15.9 Å². The van der Waals surface area contributed by atoms with Gasteiger partial charge in [0, 0.05) is 18.1 Å². The lowest BCUT2D eigenvalue weighted by molar-refractivity contribution is 0.414. The van der Waals surface area contributed by atoms with Gasteiger partial charge in [-0.1, -0.05) is 35.0 Å². The minimum Gasteiger partial charge on any atom is -0.497 e. The Labute approximate surface area is 135 Å². The van der Waals surface area contributed by atoms with Gasteiger partial charge in [-0.25, -0.2) is 0 Å². The van der Waals surface area contributed by atoms with Gasteiger partial charge in [0.2, 0.25) is 0 Å². The lowest BCUT2D eigenvalue weighted by Crippen LogP contribution is -2.12. The maximum Gasteiger partial charge on any atom is 0.119 e. The van der Waals surface area contributed by atoms with Crippen molar-refractivity contribution in [3.63, 3.8) is 0 Å². The number of halogens is 1. The van der Waals surface area contributed by atoms with E-state index in [-0.39, 0.29) is 0 Å². The smallest absolute Gasteiger partial charge is 0.119 e. The van der Waals surface area contributed by atoms with Gasteiger partial charge in [-0.2, -0.15) is 5.10 Å². The summed E-state index contributed by atoms with van der Waals surface area (Å²) in [6.07, 6.45) is 3.06. The maximum atomic E-state index is 5.30. The van der Waals surface area contributed by atoms with Gasteiger partial charge >= 0.3 is 0 Å². The van der Waals surface area contributed by atoms with Crippen molar-refractivity contribution in [1.82, 2.24) is 9.78 Å². The molecule has 1 heterocycles. The number of nitrogens with zero attached hydrogens (tertiary/aromatic N) is 2. The molecule has 114 valence electrons. The van der Waals surface area contributed by atoms with Crippen LogP contribution < -0.4 is 4.74 Å². The van der Waals surface area contributed by atoms with E-state index in [1.165, 1.54) is 17.0 Å². The number of aryl methyl sites for hydroxylation is 2. The molecular weight excluding hydrogens is 328 g/mol. The second-order valence-electron chi connectivity index (χ2n) is 5.38. The summed E-state index contributed by atoms with van der Waals surface area (Å²) in [6, 6.07) is 10.6. The lowest BCUT2D eigenvalue weighted by Gasteiger charge is -2.14. The molecule has 1 aromatic heterocycles. The zero-order chi connectivity index (χ0) is 15.2. The van der Waals surface area contributed by atoms with Crippen molar-refractivity contribution >= 4 is 15.9 Å². The molecule has 0 fully saturated rings. The highest BCUT2D eigenvalue weighted by molar-refractivity contribution is 9.09. The molecule has 0 aliphatic heterocycles. The molecule has 0 N–H and O–H groups in total. The zero-order valence-corrected chi connectivity index (χ0v) is 14.6. The molecule has 0 aliphatic carbocycles.